The number of carboxylic acid groups (broad SMARTS) is 1. The van der Waals surface area contributed by atoms with Crippen LogP contribution in [0.2, 0.25) is 0 Å². The van der Waals surface area contributed by atoms with Crippen LogP contribution in [0.3, 0.4) is 0 Å². The van der Waals surface area contributed by atoms with Crippen LogP contribution in [-0.2, 0) is 24.3 Å². The van der Waals surface area contributed by atoms with Gasteiger partial charge in [-0.2, -0.15) is 5.10 Å². The Hall–Kier alpha value is -2.32. The summed E-state index contributed by atoms with van der Waals surface area (Å²) in [5.41, 5.74) is -0.0562. The number of urea groups is 1. The molecule has 2 amide bonds. The molecule has 0 unspecified atom stereocenters. The van der Waals surface area contributed by atoms with Crippen molar-refractivity contribution in [2.24, 2.45) is 5.92 Å². The summed E-state index contributed by atoms with van der Waals surface area (Å²) in [6.45, 7) is 1.70. The molecule has 0 saturated heterocycles. The number of aryl methyl sites for hydroxylation is 2. The second-order valence-corrected chi connectivity index (χ2v) is 7.17. The van der Waals surface area contributed by atoms with E-state index in [4.69, 9.17) is 5.11 Å². The first kappa shape index (κ1) is 18.5. The molecule has 0 spiro atoms. The Morgan fingerprint density at radius 1 is 1.19 bits per heavy atom. The Morgan fingerprint density at radius 3 is 2.65 bits per heavy atom. The van der Waals surface area contributed by atoms with Gasteiger partial charge in [-0.05, 0) is 44.9 Å². The van der Waals surface area contributed by atoms with Gasteiger partial charge in [-0.1, -0.05) is 0 Å². The van der Waals surface area contributed by atoms with Crippen LogP contribution in [0.4, 0.5) is 4.79 Å². The highest BCUT2D eigenvalue weighted by Crippen LogP contribution is 2.24. The van der Waals surface area contributed by atoms with E-state index in [1.807, 2.05) is 0 Å². The number of carbonyl (C=O) groups is 2. The smallest absolute Gasteiger partial charge is 0.345 e. The second-order valence-electron chi connectivity index (χ2n) is 7.17. The van der Waals surface area contributed by atoms with Crippen molar-refractivity contribution in [2.45, 2.75) is 70.5 Å². The molecular weight excluding hydrogens is 338 g/mol. The monoisotopic (exact) mass is 365 g/mol. The number of hydrogen-bond acceptors (Lipinski definition) is 4. The lowest BCUT2D eigenvalue weighted by molar-refractivity contribution is -0.142. The van der Waals surface area contributed by atoms with Gasteiger partial charge in [-0.25, -0.2) is 14.3 Å². The van der Waals surface area contributed by atoms with E-state index >= 15 is 0 Å². The third-order valence-corrected chi connectivity index (χ3v) is 5.28. The zero-order valence-corrected chi connectivity index (χ0v) is 14.9. The zero-order chi connectivity index (χ0) is 18.5. The van der Waals surface area contributed by atoms with Crippen molar-refractivity contribution >= 4 is 12.0 Å². The van der Waals surface area contributed by atoms with Crippen molar-refractivity contribution in [3.63, 3.8) is 0 Å². The number of hydrogen-bond donors (Lipinski definition) is 3. The van der Waals surface area contributed by atoms with Gasteiger partial charge in [-0.15, -0.1) is 0 Å². The minimum atomic E-state index is -0.746. The van der Waals surface area contributed by atoms with E-state index < -0.39 is 5.97 Å². The average Bonchev–Trinajstić information content (AvgIpc) is 2.95. The van der Waals surface area contributed by atoms with Gasteiger partial charge in [0.05, 0.1) is 5.92 Å². The van der Waals surface area contributed by atoms with E-state index in [-0.39, 0.29) is 23.7 Å². The molecule has 1 aromatic heterocycles. The molecular formula is C17H27N5O4. The van der Waals surface area contributed by atoms with Gasteiger partial charge in [0.25, 0.3) is 0 Å². The van der Waals surface area contributed by atoms with Crippen molar-refractivity contribution in [1.82, 2.24) is 25.0 Å². The third-order valence-electron chi connectivity index (χ3n) is 5.28. The van der Waals surface area contributed by atoms with Crippen LogP contribution in [0.5, 0.6) is 0 Å². The number of fused-ring (bicyclic) bond motifs is 1. The molecule has 2 heterocycles. The lowest BCUT2D eigenvalue weighted by Gasteiger charge is -2.26. The van der Waals surface area contributed by atoms with E-state index in [2.05, 4.69) is 15.7 Å². The molecule has 1 aliphatic heterocycles. The van der Waals surface area contributed by atoms with Crippen molar-refractivity contribution in [3.05, 3.63) is 16.3 Å². The Balaban J connectivity index is 1.35. The molecule has 1 aliphatic carbocycles. The summed E-state index contributed by atoms with van der Waals surface area (Å²) in [7, 11) is 0. The summed E-state index contributed by atoms with van der Waals surface area (Å²) in [5.74, 6) is -0.164. The minimum absolute atomic E-state index is 0.0353. The summed E-state index contributed by atoms with van der Waals surface area (Å²) in [4.78, 5) is 35.1. The SMILES string of the molecule is O=C(NCCCn1nc2n(c1=O)CCCC2)NC1CCC(C(=O)O)CC1. The quantitative estimate of drug-likeness (QED) is 0.642. The Bertz CT molecular complexity index is 702. The number of carboxylic acids is 1. The lowest BCUT2D eigenvalue weighted by Crippen LogP contribution is -2.44. The zero-order valence-electron chi connectivity index (χ0n) is 14.9. The molecule has 3 rings (SSSR count). The fourth-order valence-electron chi connectivity index (χ4n) is 3.75. The Morgan fingerprint density at radius 2 is 1.96 bits per heavy atom. The molecule has 9 heteroatoms. The highest BCUT2D eigenvalue weighted by molar-refractivity contribution is 5.74. The van der Waals surface area contributed by atoms with E-state index in [0.29, 0.717) is 45.2 Å². The average molecular weight is 365 g/mol. The van der Waals surface area contributed by atoms with Crippen LogP contribution in [-0.4, -0.2) is 44.0 Å². The molecule has 0 aromatic carbocycles. The van der Waals surface area contributed by atoms with Crippen LogP contribution < -0.4 is 16.3 Å². The number of nitrogens with one attached hydrogen (secondary N) is 2. The molecule has 1 aromatic rings. The van der Waals surface area contributed by atoms with E-state index in [1.54, 1.807) is 4.57 Å². The predicted octanol–water partition coefficient (Wildman–Crippen LogP) is 0.714. The highest BCUT2D eigenvalue weighted by atomic mass is 16.4. The maximum atomic E-state index is 12.2. The van der Waals surface area contributed by atoms with Crippen LogP contribution >= 0.6 is 0 Å². The third kappa shape index (κ3) is 4.44. The number of aliphatic carboxylic acids is 1. The minimum Gasteiger partial charge on any atom is -0.481 e. The second kappa shape index (κ2) is 8.37. The van der Waals surface area contributed by atoms with Gasteiger partial charge < -0.3 is 15.7 Å². The van der Waals surface area contributed by atoms with Gasteiger partial charge in [-0.3, -0.25) is 9.36 Å². The fourth-order valence-corrected chi connectivity index (χ4v) is 3.75. The van der Waals surface area contributed by atoms with E-state index in [9.17, 15) is 14.4 Å². The van der Waals surface area contributed by atoms with Crippen molar-refractivity contribution < 1.29 is 14.7 Å². The Kier molecular flexibility index (Phi) is 5.95. The molecule has 9 nitrogen and oxygen atoms in total. The number of amides is 2. The molecule has 1 fully saturated rings. The van der Waals surface area contributed by atoms with Gasteiger partial charge in [0.15, 0.2) is 0 Å². The largest absolute Gasteiger partial charge is 0.481 e. The summed E-state index contributed by atoms with van der Waals surface area (Å²) in [6.07, 6.45) is 6.19. The summed E-state index contributed by atoms with van der Waals surface area (Å²) >= 11 is 0. The van der Waals surface area contributed by atoms with Crippen LogP contribution in [0.15, 0.2) is 4.79 Å². The van der Waals surface area contributed by atoms with Crippen molar-refractivity contribution in [2.75, 3.05) is 6.54 Å². The van der Waals surface area contributed by atoms with Gasteiger partial charge >= 0.3 is 17.7 Å². The molecule has 1 saturated carbocycles. The lowest BCUT2D eigenvalue weighted by atomic mass is 9.86. The fraction of sp³-hybridized carbons (Fsp3) is 0.765. The highest BCUT2D eigenvalue weighted by Gasteiger charge is 2.26. The number of aromatic nitrogens is 3. The molecule has 0 bridgehead atoms. The van der Waals surface area contributed by atoms with Gasteiger partial charge in [0.2, 0.25) is 0 Å². The first-order valence-corrected chi connectivity index (χ1v) is 9.48. The van der Waals surface area contributed by atoms with E-state index in [0.717, 1.165) is 31.6 Å². The molecule has 0 radical (unpaired) electrons. The van der Waals surface area contributed by atoms with E-state index in [1.165, 1.54) is 4.68 Å². The molecule has 0 atom stereocenters. The van der Waals surface area contributed by atoms with Crippen LogP contribution in [0.1, 0.15) is 50.8 Å². The first-order chi connectivity index (χ1) is 12.5. The summed E-state index contributed by atoms with van der Waals surface area (Å²) in [6, 6.07) is -0.201. The maximum absolute atomic E-state index is 12.2. The van der Waals surface area contributed by atoms with Crippen molar-refractivity contribution in [3.8, 4) is 0 Å². The predicted molar refractivity (Wildman–Crippen MR) is 94.0 cm³/mol. The maximum Gasteiger partial charge on any atom is 0.345 e. The Labute approximate surface area is 151 Å². The molecule has 2 aliphatic rings. The topological polar surface area (TPSA) is 118 Å². The molecule has 144 valence electrons. The normalized spacial score (nSPS) is 22.5. The standard InChI is InChI=1S/C17H27N5O4/c23-15(24)12-5-7-13(8-6-12)19-16(25)18-9-3-11-22-17(26)21-10-2-1-4-14(21)20-22/h12-13H,1-11H2,(H,23,24)(H2,18,19,25). The number of carbonyl (C=O) groups excluding carboxylic acids is 1. The first-order valence-electron chi connectivity index (χ1n) is 9.48. The molecule has 3 N–H and O–H groups in total. The van der Waals surface area contributed by atoms with Gasteiger partial charge in [0, 0.05) is 32.1 Å². The van der Waals surface area contributed by atoms with Crippen molar-refractivity contribution in [1.29, 1.82) is 0 Å². The number of rotatable bonds is 6. The van der Waals surface area contributed by atoms with Crippen LogP contribution in [0, 0.1) is 5.92 Å². The summed E-state index contributed by atoms with van der Waals surface area (Å²) < 4.78 is 3.24. The molecule has 26 heavy (non-hydrogen) atoms. The number of nitrogens with zero attached hydrogens (tertiary/aromatic N) is 3. The van der Waals surface area contributed by atoms with Gasteiger partial charge in [0.1, 0.15) is 5.82 Å². The summed E-state index contributed by atoms with van der Waals surface area (Å²) in [5, 5.41) is 19.1. The van der Waals surface area contributed by atoms with Crippen LogP contribution in [0.25, 0.3) is 0 Å².